The van der Waals surface area contributed by atoms with E-state index in [0.29, 0.717) is 17.6 Å². The Labute approximate surface area is 73.6 Å². The summed E-state index contributed by atoms with van der Waals surface area (Å²) in [6.07, 6.45) is 0.719. The lowest BCUT2D eigenvalue weighted by Gasteiger charge is -2.33. The van der Waals surface area contributed by atoms with Crippen LogP contribution in [-0.2, 0) is 0 Å². The van der Waals surface area contributed by atoms with Gasteiger partial charge in [-0.05, 0) is 0 Å². The highest BCUT2D eigenvalue weighted by atomic mass is 16.3. The van der Waals surface area contributed by atoms with E-state index in [0.717, 1.165) is 13.0 Å². The van der Waals surface area contributed by atoms with Crippen molar-refractivity contribution in [3.63, 3.8) is 0 Å². The van der Waals surface area contributed by atoms with Gasteiger partial charge >= 0.3 is 0 Å². The Kier molecular flexibility index (Phi) is 6.28. The first-order valence-corrected chi connectivity index (χ1v) is 4.34. The molecule has 0 heterocycles. The van der Waals surface area contributed by atoms with Crippen molar-refractivity contribution in [2.75, 3.05) is 46.5 Å². The second-order valence-corrected chi connectivity index (χ2v) is 3.31. The molecular formula is C8H20NO3+. The van der Waals surface area contributed by atoms with E-state index >= 15 is 0 Å². The molecule has 0 fully saturated rings. The van der Waals surface area contributed by atoms with Gasteiger partial charge in [0.15, 0.2) is 0 Å². The maximum Gasteiger partial charge on any atom is 0.102 e. The van der Waals surface area contributed by atoms with Crippen LogP contribution >= 0.6 is 0 Å². The number of aliphatic hydroxyl groups is 3. The van der Waals surface area contributed by atoms with Crippen molar-refractivity contribution in [2.24, 2.45) is 0 Å². The van der Waals surface area contributed by atoms with Crippen LogP contribution in [0, 0.1) is 0 Å². The highest BCUT2D eigenvalue weighted by Gasteiger charge is 2.18. The fourth-order valence-corrected chi connectivity index (χ4v) is 1.27. The summed E-state index contributed by atoms with van der Waals surface area (Å²) in [4.78, 5) is 0. The molecular weight excluding hydrogens is 158 g/mol. The second-order valence-electron chi connectivity index (χ2n) is 3.31. The van der Waals surface area contributed by atoms with Crippen LogP contribution < -0.4 is 0 Å². The lowest BCUT2D eigenvalue weighted by Crippen LogP contribution is -2.48. The minimum absolute atomic E-state index is 0.127. The Morgan fingerprint density at radius 1 is 0.833 bits per heavy atom. The Hall–Kier alpha value is -0.160. The van der Waals surface area contributed by atoms with Gasteiger partial charge in [0.05, 0.1) is 26.8 Å². The van der Waals surface area contributed by atoms with Crippen LogP contribution in [-0.4, -0.2) is 66.3 Å². The highest BCUT2D eigenvalue weighted by molar-refractivity contribution is 4.40. The van der Waals surface area contributed by atoms with Crippen LogP contribution in [0.4, 0.5) is 0 Å². The summed E-state index contributed by atoms with van der Waals surface area (Å²) in [6.45, 7) is 2.51. The first kappa shape index (κ1) is 11.8. The van der Waals surface area contributed by atoms with Crippen LogP contribution in [0.15, 0.2) is 0 Å². The molecule has 0 radical (unpaired) electrons. The van der Waals surface area contributed by atoms with Crippen LogP contribution in [0.2, 0.25) is 0 Å². The molecule has 0 saturated carbocycles. The van der Waals surface area contributed by atoms with Crippen molar-refractivity contribution in [3.8, 4) is 0 Å². The molecule has 0 aromatic rings. The zero-order valence-corrected chi connectivity index (χ0v) is 7.74. The molecule has 0 aromatic carbocycles. The number of hydrogen-bond donors (Lipinski definition) is 3. The highest BCUT2D eigenvalue weighted by Crippen LogP contribution is 2.02. The van der Waals surface area contributed by atoms with Crippen LogP contribution in [0.5, 0.6) is 0 Å². The normalized spacial score (nSPS) is 12.0. The third-order valence-electron chi connectivity index (χ3n) is 2.14. The predicted molar refractivity (Wildman–Crippen MR) is 46.7 cm³/mol. The molecule has 0 aliphatic rings. The summed E-state index contributed by atoms with van der Waals surface area (Å²) in [6, 6.07) is 0. The van der Waals surface area contributed by atoms with Crippen molar-refractivity contribution >= 4 is 0 Å². The van der Waals surface area contributed by atoms with Gasteiger partial charge in [-0.1, -0.05) is 0 Å². The van der Waals surface area contributed by atoms with E-state index in [1.54, 1.807) is 0 Å². The topological polar surface area (TPSA) is 60.7 Å². The summed E-state index contributed by atoms with van der Waals surface area (Å²) in [5.74, 6) is 0. The minimum Gasteiger partial charge on any atom is -0.396 e. The van der Waals surface area contributed by atoms with Crippen molar-refractivity contribution in [2.45, 2.75) is 6.42 Å². The van der Waals surface area contributed by atoms with Crippen LogP contribution in [0.25, 0.3) is 0 Å². The number of hydrogen-bond acceptors (Lipinski definition) is 3. The predicted octanol–water partition coefficient (Wildman–Crippen LogP) is -1.20. The molecule has 74 valence electrons. The van der Waals surface area contributed by atoms with Crippen LogP contribution in [0.1, 0.15) is 6.42 Å². The fraction of sp³-hybridized carbons (Fsp3) is 1.00. The summed E-state index contributed by atoms with van der Waals surface area (Å²) in [5.41, 5.74) is 0. The maximum absolute atomic E-state index is 8.77. The standard InChI is InChI=1S/C8H20NO3/c1-9(4-7-11,5-8-12)3-2-6-10/h10-12H,2-8H2,1H3/q+1. The summed E-state index contributed by atoms with van der Waals surface area (Å²) in [5, 5.41) is 26.2. The molecule has 12 heavy (non-hydrogen) atoms. The largest absolute Gasteiger partial charge is 0.396 e. The molecule has 0 aliphatic carbocycles. The molecule has 0 unspecified atom stereocenters. The molecule has 0 spiro atoms. The van der Waals surface area contributed by atoms with E-state index in [-0.39, 0.29) is 19.8 Å². The minimum atomic E-state index is 0.127. The summed E-state index contributed by atoms with van der Waals surface area (Å²) < 4.78 is 0.633. The summed E-state index contributed by atoms with van der Waals surface area (Å²) >= 11 is 0. The van der Waals surface area contributed by atoms with Gasteiger partial charge in [0.1, 0.15) is 13.1 Å². The smallest absolute Gasteiger partial charge is 0.102 e. The maximum atomic E-state index is 8.77. The van der Waals surface area contributed by atoms with Crippen molar-refractivity contribution in [1.29, 1.82) is 0 Å². The first-order valence-electron chi connectivity index (χ1n) is 4.34. The number of aliphatic hydroxyl groups excluding tert-OH is 3. The van der Waals surface area contributed by atoms with Crippen molar-refractivity contribution in [3.05, 3.63) is 0 Å². The molecule has 4 nitrogen and oxygen atoms in total. The fourth-order valence-electron chi connectivity index (χ4n) is 1.27. The number of nitrogens with zero attached hydrogens (tertiary/aromatic N) is 1. The Morgan fingerprint density at radius 3 is 1.67 bits per heavy atom. The summed E-state index contributed by atoms with van der Waals surface area (Å²) in [7, 11) is 1.97. The average molecular weight is 178 g/mol. The zero-order valence-electron chi connectivity index (χ0n) is 7.74. The van der Waals surface area contributed by atoms with Gasteiger partial charge in [-0.3, -0.25) is 0 Å². The lowest BCUT2D eigenvalue weighted by atomic mass is 10.3. The van der Waals surface area contributed by atoms with Gasteiger partial charge in [-0.25, -0.2) is 0 Å². The van der Waals surface area contributed by atoms with Crippen molar-refractivity contribution in [1.82, 2.24) is 0 Å². The third kappa shape index (κ3) is 4.66. The van der Waals surface area contributed by atoms with Gasteiger partial charge in [0, 0.05) is 13.0 Å². The Morgan fingerprint density at radius 2 is 1.33 bits per heavy atom. The molecule has 0 bridgehead atoms. The van der Waals surface area contributed by atoms with E-state index in [9.17, 15) is 0 Å². The van der Waals surface area contributed by atoms with E-state index in [2.05, 4.69) is 0 Å². The molecule has 4 heteroatoms. The van der Waals surface area contributed by atoms with Crippen LogP contribution in [0.3, 0.4) is 0 Å². The first-order chi connectivity index (χ1) is 5.68. The Balaban J connectivity index is 3.80. The van der Waals surface area contributed by atoms with Crippen molar-refractivity contribution < 1.29 is 19.8 Å². The van der Waals surface area contributed by atoms with Gasteiger partial charge in [0.25, 0.3) is 0 Å². The monoisotopic (exact) mass is 178 g/mol. The lowest BCUT2D eigenvalue weighted by molar-refractivity contribution is -0.910. The van der Waals surface area contributed by atoms with E-state index in [1.807, 2.05) is 7.05 Å². The molecule has 0 atom stereocenters. The van der Waals surface area contributed by atoms with E-state index in [4.69, 9.17) is 15.3 Å². The van der Waals surface area contributed by atoms with E-state index in [1.165, 1.54) is 0 Å². The SMILES string of the molecule is C[N+](CCO)(CCO)CCCO. The number of quaternary nitrogens is 1. The molecule has 3 N–H and O–H groups in total. The third-order valence-corrected chi connectivity index (χ3v) is 2.14. The van der Waals surface area contributed by atoms with Gasteiger partial charge < -0.3 is 19.8 Å². The molecule has 0 amide bonds. The number of likely N-dealkylation sites (N-methyl/N-ethyl adjacent to an activating group) is 1. The second kappa shape index (κ2) is 6.37. The number of rotatable bonds is 7. The quantitative estimate of drug-likeness (QED) is 0.429. The van der Waals surface area contributed by atoms with Gasteiger partial charge in [-0.15, -0.1) is 0 Å². The Bertz CT molecular complexity index is 102. The average Bonchev–Trinajstić information content (AvgIpc) is 2.02. The molecule has 0 rings (SSSR count). The molecule has 0 aromatic heterocycles. The molecule has 0 aliphatic heterocycles. The van der Waals surface area contributed by atoms with Gasteiger partial charge in [0.2, 0.25) is 0 Å². The zero-order chi connectivity index (χ0) is 9.45. The molecule has 0 saturated heterocycles. The van der Waals surface area contributed by atoms with Gasteiger partial charge in [-0.2, -0.15) is 0 Å². The van der Waals surface area contributed by atoms with E-state index < -0.39 is 0 Å².